The molecule has 0 radical (unpaired) electrons. The number of para-hydroxylation sites is 1. The number of piperidine rings is 1. The van der Waals surface area contributed by atoms with E-state index in [1.807, 2.05) is 13.0 Å². The monoisotopic (exact) mass is 559 g/mol. The summed E-state index contributed by atoms with van der Waals surface area (Å²) in [4.78, 5) is 40.4. The number of anilines is 3. The maximum absolute atomic E-state index is 12.4. The summed E-state index contributed by atoms with van der Waals surface area (Å²) in [6.07, 6.45) is 6.35. The zero-order chi connectivity index (χ0) is 28.6. The molecule has 0 saturated carbocycles. The third-order valence-corrected chi connectivity index (χ3v) is 7.62. The smallest absolute Gasteiger partial charge is 0.328 e. The molecule has 2 aliphatic heterocycles. The molecule has 0 bridgehead atoms. The number of carboxylic acids is 1. The molecule has 2 aliphatic rings. The van der Waals surface area contributed by atoms with Gasteiger partial charge in [0.25, 0.3) is 5.91 Å². The van der Waals surface area contributed by atoms with Gasteiger partial charge in [-0.05, 0) is 55.9 Å². The summed E-state index contributed by atoms with van der Waals surface area (Å²) in [5.41, 5.74) is 3.37. The van der Waals surface area contributed by atoms with E-state index >= 15 is 0 Å². The van der Waals surface area contributed by atoms with E-state index < -0.39 is 17.9 Å². The standard InChI is InChI=1S/C30H37N7O4/c1-2-23-28(32-17-25(30(39)40)35-26(38)18-41-22-8-4-3-5-9-22)33-19-34-29(23)37-15-12-20(13-16-37)24-11-10-21-7-6-14-31-27(21)36-24/h3-5,8-11,19-20,25H,2,6-7,12-18H2,1H3,(H,31,36)(H,35,38)(H,39,40)(H,32,33,34)/t25-/m0/s1. The molecular formula is C30H37N7O4. The lowest BCUT2D eigenvalue weighted by atomic mass is 9.92. The number of nitrogens with one attached hydrogen (secondary N) is 3. The van der Waals surface area contributed by atoms with Crippen LogP contribution in [0.4, 0.5) is 17.5 Å². The number of fused-ring (bicyclic) bond motifs is 1. The van der Waals surface area contributed by atoms with Gasteiger partial charge < -0.3 is 30.7 Å². The number of carbonyl (C=O) groups is 2. The third kappa shape index (κ3) is 7.03. The minimum Gasteiger partial charge on any atom is -0.484 e. The van der Waals surface area contributed by atoms with Crippen molar-refractivity contribution in [1.82, 2.24) is 20.3 Å². The molecule has 1 amide bonds. The van der Waals surface area contributed by atoms with E-state index in [1.54, 1.807) is 24.3 Å². The molecule has 1 fully saturated rings. The minimum atomic E-state index is -1.15. The van der Waals surface area contributed by atoms with Crippen molar-refractivity contribution in [3.8, 4) is 5.75 Å². The summed E-state index contributed by atoms with van der Waals surface area (Å²) in [6, 6.07) is 12.1. The second-order valence-electron chi connectivity index (χ2n) is 10.4. The highest BCUT2D eigenvalue weighted by Crippen LogP contribution is 2.33. The molecule has 0 aliphatic carbocycles. The number of nitrogens with zero attached hydrogens (tertiary/aromatic N) is 4. The van der Waals surface area contributed by atoms with E-state index in [2.05, 4.69) is 43.0 Å². The van der Waals surface area contributed by atoms with Crippen LogP contribution >= 0.6 is 0 Å². The number of amides is 1. The van der Waals surface area contributed by atoms with Crippen LogP contribution in [0.3, 0.4) is 0 Å². The number of benzene rings is 1. The first-order chi connectivity index (χ1) is 20.0. The average molecular weight is 560 g/mol. The molecule has 1 atom stereocenters. The summed E-state index contributed by atoms with van der Waals surface area (Å²) >= 11 is 0. The van der Waals surface area contributed by atoms with Crippen molar-refractivity contribution in [1.29, 1.82) is 0 Å². The van der Waals surface area contributed by atoms with E-state index in [4.69, 9.17) is 9.72 Å². The highest BCUT2D eigenvalue weighted by molar-refractivity contribution is 5.84. The zero-order valence-electron chi connectivity index (χ0n) is 23.3. The first-order valence-electron chi connectivity index (χ1n) is 14.3. The average Bonchev–Trinajstić information content (AvgIpc) is 3.02. The van der Waals surface area contributed by atoms with E-state index in [9.17, 15) is 14.7 Å². The predicted octanol–water partition coefficient (Wildman–Crippen LogP) is 3.24. The number of pyridine rings is 1. The first kappa shape index (κ1) is 28.1. The van der Waals surface area contributed by atoms with Crippen molar-refractivity contribution in [3.05, 3.63) is 65.6 Å². The summed E-state index contributed by atoms with van der Waals surface area (Å²) in [6.45, 7) is 4.38. The van der Waals surface area contributed by atoms with Crippen LogP contribution in [0.2, 0.25) is 0 Å². The number of aliphatic carboxylic acids is 1. The van der Waals surface area contributed by atoms with Crippen LogP contribution in [0.5, 0.6) is 5.75 Å². The molecule has 11 nitrogen and oxygen atoms in total. The highest BCUT2D eigenvalue weighted by atomic mass is 16.5. The van der Waals surface area contributed by atoms with Gasteiger partial charge in [-0.15, -0.1) is 0 Å². The van der Waals surface area contributed by atoms with Gasteiger partial charge in [-0.3, -0.25) is 4.79 Å². The van der Waals surface area contributed by atoms with E-state index in [0.717, 1.165) is 68.2 Å². The fourth-order valence-corrected chi connectivity index (χ4v) is 5.41. The maximum Gasteiger partial charge on any atom is 0.328 e. The second kappa shape index (κ2) is 13.3. The molecule has 41 heavy (non-hydrogen) atoms. The van der Waals surface area contributed by atoms with Crippen LogP contribution in [-0.4, -0.2) is 70.8 Å². The van der Waals surface area contributed by atoms with Crippen LogP contribution in [0.25, 0.3) is 0 Å². The largest absolute Gasteiger partial charge is 0.484 e. The van der Waals surface area contributed by atoms with Gasteiger partial charge in [0.1, 0.15) is 35.6 Å². The number of hydrogen-bond donors (Lipinski definition) is 4. The van der Waals surface area contributed by atoms with E-state index in [0.29, 0.717) is 23.9 Å². The lowest BCUT2D eigenvalue weighted by Crippen LogP contribution is -2.47. The molecule has 0 spiro atoms. The van der Waals surface area contributed by atoms with Crippen molar-refractivity contribution >= 4 is 29.3 Å². The van der Waals surface area contributed by atoms with Gasteiger partial charge in [0.15, 0.2) is 6.61 Å². The number of carbonyl (C=O) groups excluding carboxylic acids is 1. The Morgan fingerprint density at radius 1 is 1.15 bits per heavy atom. The van der Waals surface area contributed by atoms with Crippen molar-refractivity contribution < 1.29 is 19.4 Å². The van der Waals surface area contributed by atoms with Crippen LogP contribution in [0, 0.1) is 0 Å². The topological polar surface area (TPSA) is 142 Å². The van der Waals surface area contributed by atoms with Crippen LogP contribution < -0.4 is 25.6 Å². The Morgan fingerprint density at radius 3 is 2.71 bits per heavy atom. The molecule has 5 rings (SSSR count). The normalized spacial score (nSPS) is 15.8. The van der Waals surface area contributed by atoms with Gasteiger partial charge in [0, 0.05) is 43.4 Å². The fraction of sp³-hybridized carbons (Fsp3) is 0.433. The second-order valence-corrected chi connectivity index (χ2v) is 10.4. The van der Waals surface area contributed by atoms with Crippen molar-refractivity contribution in [3.63, 3.8) is 0 Å². The molecule has 4 N–H and O–H groups in total. The summed E-state index contributed by atoms with van der Waals surface area (Å²) in [5, 5.41) is 18.8. The molecule has 2 aromatic heterocycles. The summed E-state index contributed by atoms with van der Waals surface area (Å²) < 4.78 is 5.43. The van der Waals surface area contributed by atoms with Crippen molar-refractivity contribution in [2.24, 2.45) is 0 Å². The Bertz CT molecular complexity index is 1350. The molecule has 1 saturated heterocycles. The molecule has 11 heteroatoms. The number of carboxylic acid groups (broad SMARTS) is 1. The lowest BCUT2D eigenvalue weighted by Gasteiger charge is -2.34. The SMILES string of the molecule is CCc1c(NC[C@H](NC(=O)COc2ccccc2)C(=O)O)ncnc1N1CCC(c2ccc3c(n2)NCCC3)CC1. The van der Waals surface area contributed by atoms with Gasteiger partial charge in [-0.1, -0.05) is 31.2 Å². The number of rotatable bonds is 11. The van der Waals surface area contributed by atoms with Crippen molar-refractivity contribution in [2.75, 3.05) is 48.3 Å². The predicted molar refractivity (Wildman–Crippen MR) is 157 cm³/mol. The lowest BCUT2D eigenvalue weighted by molar-refractivity contribution is -0.141. The fourth-order valence-electron chi connectivity index (χ4n) is 5.41. The Hall–Kier alpha value is -4.41. The van der Waals surface area contributed by atoms with E-state index in [-0.39, 0.29) is 13.2 Å². The number of hydrogen-bond acceptors (Lipinski definition) is 9. The molecule has 3 aromatic rings. The summed E-state index contributed by atoms with van der Waals surface area (Å²) in [7, 11) is 0. The molecule has 1 aromatic carbocycles. The zero-order valence-corrected chi connectivity index (χ0v) is 23.3. The van der Waals surface area contributed by atoms with Gasteiger partial charge in [-0.25, -0.2) is 19.7 Å². The molecule has 216 valence electrons. The Labute approximate surface area is 239 Å². The Balaban J connectivity index is 1.18. The maximum atomic E-state index is 12.4. The van der Waals surface area contributed by atoms with Gasteiger partial charge in [0.2, 0.25) is 0 Å². The number of aryl methyl sites for hydroxylation is 1. The first-order valence-corrected chi connectivity index (χ1v) is 14.3. The Kier molecular flexibility index (Phi) is 9.12. The summed E-state index contributed by atoms with van der Waals surface area (Å²) in [5.74, 6) is 1.74. The molecular weight excluding hydrogens is 522 g/mol. The Morgan fingerprint density at radius 2 is 1.95 bits per heavy atom. The van der Waals surface area contributed by atoms with Gasteiger partial charge in [0.05, 0.1) is 0 Å². The molecule has 0 unspecified atom stereocenters. The molecule has 4 heterocycles. The van der Waals surface area contributed by atoms with Gasteiger partial charge >= 0.3 is 5.97 Å². The van der Waals surface area contributed by atoms with E-state index in [1.165, 1.54) is 11.9 Å². The minimum absolute atomic E-state index is 0.0318. The van der Waals surface area contributed by atoms with Crippen LogP contribution in [0.1, 0.15) is 48.9 Å². The van der Waals surface area contributed by atoms with Crippen LogP contribution in [0.15, 0.2) is 48.8 Å². The highest BCUT2D eigenvalue weighted by Gasteiger charge is 2.26. The van der Waals surface area contributed by atoms with Crippen LogP contribution in [-0.2, 0) is 22.4 Å². The van der Waals surface area contributed by atoms with Gasteiger partial charge in [-0.2, -0.15) is 0 Å². The third-order valence-electron chi connectivity index (χ3n) is 7.62. The number of aromatic nitrogens is 3. The van der Waals surface area contributed by atoms with Crippen molar-refractivity contribution in [2.45, 2.75) is 51.0 Å². The quantitative estimate of drug-likeness (QED) is 0.277. The number of ether oxygens (including phenoxy) is 1.